The lowest BCUT2D eigenvalue weighted by Crippen LogP contribution is -2.35. The molecule has 0 fully saturated rings. The van der Waals surface area contributed by atoms with Crippen LogP contribution < -0.4 is 5.73 Å². The van der Waals surface area contributed by atoms with Crippen molar-refractivity contribution < 1.29 is 0 Å². The maximum atomic E-state index is 6.44. The first kappa shape index (κ1) is 15.0. The highest BCUT2D eigenvalue weighted by Crippen LogP contribution is 2.19. The Hall–Kier alpha value is -1.39. The highest BCUT2D eigenvalue weighted by Gasteiger charge is 2.19. The van der Waals surface area contributed by atoms with E-state index in [0.717, 1.165) is 31.8 Å². The zero-order valence-electron chi connectivity index (χ0n) is 12.0. The predicted octanol–water partition coefficient (Wildman–Crippen LogP) is 2.50. The van der Waals surface area contributed by atoms with Gasteiger partial charge in [0, 0.05) is 31.9 Å². The van der Waals surface area contributed by atoms with Gasteiger partial charge in [-0.2, -0.15) is 0 Å². The van der Waals surface area contributed by atoms with Crippen LogP contribution in [0, 0.1) is 0 Å². The van der Waals surface area contributed by atoms with Gasteiger partial charge in [0.15, 0.2) is 0 Å². The lowest BCUT2D eigenvalue weighted by Gasteiger charge is -2.25. The summed E-state index contributed by atoms with van der Waals surface area (Å²) in [5, 5.41) is 0.524. The molecule has 2 N–H and O–H groups in total. The maximum Gasteiger partial charge on any atom is 0.0881 e. The molecular weight excluding hydrogens is 272 g/mol. The molecule has 0 saturated heterocycles. The van der Waals surface area contributed by atoms with E-state index in [2.05, 4.69) is 28.7 Å². The summed E-state index contributed by atoms with van der Waals surface area (Å²) in [7, 11) is 0. The second-order valence-electron chi connectivity index (χ2n) is 5.19. The summed E-state index contributed by atoms with van der Waals surface area (Å²) in [6.45, 7) is 6.94. The number of aliphatic imine (C=N–C) groups is 1. The van der Waals surface area contributed by atoms with Crippen LogP contribution in [0.1, 0.15) is 26.0 Å². The second kappa shape index (κ2) is 6.86. The Kier molecular flexibility index (Phi) is 5.15. The number of hydrogen-bond donors (Lipinski definition) is 1. The van der Waals surface area contributed by atoms with E-state index in [1.807, 2.05) is 18.2 Å². The van der Waals surface area contributed by atoms with Crippen molar-refractivity contribution in [2.75, 3.05) is 19.6 Å². The van der Waals surface area contributed by atoms with Gasteiger partial charge in [-0.25, -0.2) is 0 Å². The van der Waals surface area contributed by atoms with Crippen LogP contribution in [-0.2, 0) is 0 Å². The van der Waals surface area contributed by atoms with Crippen LogP contribution in [0.5, 0.6) is 0 Å². The van der Waals surface area contributed by atoms with E-state index in [-0.39, 0.29) is 0 Å². The van der Waals surface area contributed by atoms with Crippen LogP contribution in [0.4, 0.5) is 0 Å². The molecule has 1 aromatic heterocycles. The third kappa shape index (κ3) is 3.58. The maximum absolute atomic E-state index is 6.44. The minimum atomic E-state index is 0.471. The Morgan fingerprint density at radius 2 is 2.20 bits per heavy atom. The number of pyridine rings is 1. The van der Waals surface area contributed by atoms with Gasteiger partial charge in [0.25, 0.3) is 0 Å². The van der Waals surface area contributed by atoms with Crippen molar-refractivity contribution in [3.05, 3.63) is 35.1 Å². The van der Waals surface area contributed by atoms with E-state index in [4.69, 9.17) is 17.3 Å². The number of hydrogen-bond acceptors (Lipinski definition) is 4. The van der Waals surface area contributed by atoms with Crippen LogP contribution in [-0.4, -0.2) is 41.3 Å². The Balaban J connectivity index is 2.26. The Labute approximate surface area is 125 Å². The quantitative estimate of drug-likeness (QED) is 0.931. The van der Waals surface area contributed by atoms with Crippen molar-refractivity contribution in [1.82, 2.24) is 9.88 Å². The van der Waals surface area contributed by atoms with Crippen molar-refractivity contribution >= 4 is 23.0 Å². The summed E-state index contributed by atoms with van der Waals surface area (Å²) in [5.41, 5.74) is 8.18. The molecule has 1 aromatic rings. The molecule has 0 aromatic carbocycles. The summed E-state index contributed by atoms with van der Waals surface area (Å²) < 4.78 is 0. The lowest BCUT2D eigenvalue weighted by atomic mass is 10.2. The minimum absolute atomic E-state index is 0.471. The van der Waals surface area contributed by atoms with Crippen molar-refractivity contribution in [2.45, 2.75) is 26.3 Å². The lowest BCUT2D eigenvalue weighted by molar-refractivity contribution is 0.257. The fourth-order valence-electron chi connectivity index (χ4n) is 2.18. The Bertz CT molecular complexity index is 508. The Morgan fingerprint density at radius 1 is 1.40 bits per heavy atom. The first-order valence-corrected chi connectivity index (χ1v) is 7.31. The van der Waals surface area contributed by atoms with Crippen LogP contribution in [0.2, 0.25) is 0 Å². The average molecular weight is 293 g/mol. The summed E-state index contributed by atoms with van der Waals surface area (Å²) in [4.78, 5) is 11.2. The fraction of sp³-hybridized carbons (Fsp3) is 0.467. The van der Waals surface area contributed by atoms with Crippen LogP contribution >= 0.6 is 11.6 Å². The number of nitrogens with two attached hydrogens (primary N) is 1. The summed E-state index contributed by atoms with van der Waals surface area (Å²) in [6.07, 6.45) is 2.76. The van der Waals surface area contributed by atoms with Gasteiger partial charge >= 0.3 is 0 Å². The molecule has 0 bridgehead atoms. The van der Waals surface area contributed by atoms with Crippen LogP contribution in [0.3, 0.4) is 0 Å². The van der Waals surface area contributed by atoms with E-state index >= 15 is 0 Å². The molecule has 0 unspecified atom stereocenters. The van der Waals surface area contributed by atoms with Gasteiger partial charge in [-0.1, -0.05) is 17.7 Å². The third-order valence-corrected chi connectivity index (χ3v) is 3.84. The average Bonchev–Trinajstić information content (AvgIpc) is 2.72. The van der Waals surface area contributed by atoms with Crippen molar-refractivity contribution in [1.29, 1.82) is 0 Å². The smallest absolute Gasteiger partial charge is 0.0881 e. The van der Waals surface area contributed by atoms with Gasteiger partial charge < -0.3 is 5.73 Å². The van der Waals surface area contributed by atoms with E-state index in [1.165, 1.54) is 0 Å². The Morgan fingerprint density at radius 3 is 2.85 bits per heavy atom. The zero-order chi connectivity index (χ0) is 14.5. The largest absolute Gasteiger partial charge is 0.396 e. The van der Waals surface area contributed by atoms with Gasteiger partial charge in [-0.15, -0.1) is 0 Å². The molecule has 2 rings (SSSR count). The van der Waals surface area contributed by atoms with Gasteiger partial charge in [-0.3, -0.25) is 14.9 Å². The molecule has 0 saturated carbocycles. The summed E-state index contributed by atoms with van der Waals surface area (Å²) in [6, 6.07) is 6.08. The monoisotopic (exact) mass is 292 g/mol. The molecule has 108 valence electrons. The molecule has 1 aliphatic heterocycles. The topological polar surface area (TPSA) is 54.5 Å². The standard InChI is InChI=1S/C15H21ClN4/c1-11(2)20-9-5-8-19-13(10-20)14(16)15(17)12-6-3-4-7-18-12/h3-4,6-7,11H,5,8-10,17H2,1-2H3. The molecule has 4 nitrogen and oxygen atoms in total. The highest BCUT2D eigenvalue weighted by molar-refractivity contribution is 6.46. The molecule has 2 heterocycles. The van der Waals surface area contributed by atoms with Gasteiger partial charge in [-0.05, 0) is 32.4 Å². The van der Waals surface area contributed by atoms with Crippen molar-refractivity contribution in [2.24, 2.45) is 10.7 Å². The molecular formula is C15H21ClN4. The molecule has 1 aliphatic rings. The third-order valence-electron chi connectivity index (χ3n) is 3.42. The van der Waals surface area contributed by atoms with Crippen LogP contribution in [0.15, 0.2) is 34.4 Å². The van der Waals surface area contributed by atoms with Crippen molar-refractivity contribution in [3.63, 3.8) is 0 Å². The number of nitrogens with zero attached hydrogens (tertiary/aromatic N) is 3. The number of aromatic nitrogens is 1. The molecule has 0 radical (unpaired) electrons. The van der Waals surface area contributed by atoms with E-state index < -0.39 is 0 Å². The summed E-state index contributed by atoms with van der Waals surface area (Å²) in [5.74, 6) is 0. The minimum Gasteiger partial charge on any atom is -0.396 e. The van der Waals surface area contributed by atoms with Crippen LogP contribution in [0.25, 0.3) is 5.70 Å². The number of rotatable bonds is 3. The first-order valence-electron chi connectivity index (χ1n) is 6.94. The molecule has 0 amide bonds. The number of halogens is 1. The van der Waals surface area contributed by atoms with Gasteiger partial charge in [0.1, 0.15) is 0 Å². The van der Waals surface area contributed by atoms with E-state index in [1.54, 1.807) is 6.20 Å². The normalized spacial score (nSPS) is 18.5. The van der Waals surface area contributed by atoms with Crippen molar-refractivity contribution in [3.8, 4) is 0 Å². The molecule has 0 aliphatic carbocycles. The fourth-order valence-corrected chi connectivity index (χ4v) is 2.40. The van der Waals surface area contributed by atoms with Gasteiger partial charge in [0.2, 0.25) is 0 Å². The molecule has 0 atom stereocenters. The SMILES string of the molecule is CC(C)N1CCCN=C(C(Cl)=C(N)c2ccccn2)C1. The van der Waals surface area contributed by atoms with E-state index in [9.17, 15) is 0 Å². The first-order chi connectivity index (χ1) is 9.59. The summed E-state index contributed by atoms with van der Waals surface area (Å²) >= 11 is 6.44. The predicted molar refractivity (Wildman–Crippen MR) is 84.8 cm³/mol. The molecule has 5 heteroatoms. The van der Waals surface area contributed by atoms with Gasteiger partial charge in [0.05, 0.1) is 22.1 Å². The zero-order valence-corrected chi connectivity index (χ0v) is 12.8. The highest BCUT2D eigenvalue weighted by atomic mass is 35.5. The molecule has 20 heavy (non-hydrogen) atoms. The van der Waals surface area contributed by atoms with E-state index in [0.29, 0.717) is 22.5 Å². The molecule has 0 spiro atoms. The second-order valence-corrected chi connectivity index (χ2v) is 5.57.